The van der Waals surface area contributed by atoms with Gasteiger partial charge in [-0.05, 0) is 58.9 Å². The Morgan fingerprint density at radius 1 is 1.25 bits per heavy atom. The molecular weight excluding hydrogens is 458 g/mol. The van der Waals surface area contributed by atoms with Crippen LogP contribution in [0.25, 0.3) is 16.6 Å². The molecule has 36 heavy (non-hydrogen) atoms. The summed E-state index contributed by atoms with van der Waals surface area (Å²) in [5.74, 6) is 0.937. The molecule has 194 valence electrons. The monoisotopic (exact) mass is 495 g/mol. The summed E-state index contributed by atoms with van der Waals surface area (Å²) >= 11 is 0. The van der Waals surface area contributed by atoms with E-state index in [1.165, 1.54) is 0 Å². The number of likely N-dealkylation sites (tertiary alicyclic amines) is 1. The summed E-state index contributed by atoms with van der Waals surface area (Å²) in [6.07, 6.45) is 9.86. The number of carbonyl (C=O) groups excluding carboxylic acids is 1. The summed E-state index contributed by atoms with van der Waals surface area (Å²) in [5.41, 5.74) is 3.16. The van der Waals surface area contributed by atoms with Gasteiger partial charge >= 0.3 is 0 Å². The van der Waals surface area contributed by atoms with Crippen LogP contribution in [0, 0.1) is 0 Å². The topological polar surface area (TPSA) is 110 Å². The van der Waals surface area contributed by atoms with E-state index in [4.69, 9.17) is 9.84 Å². The number of nitrogens with zero attached hydrogens (tertiary/aromatic N) is 6. The number of anilines is 1. The van der Waals surface area contributed by atoms with Crippen LogP contribution in [0.2, 0.25) is 0 Å². The largest absolute Gasteiger partial charge is 0.393 e. The van der Waals surface area contributed by atoms with Crippen molar-refractivity contribution in [1.82, 2.24) is 29.3 Å². The quantitative estimate of drug-likeness (QED) is 0.494. The second-order valence-electron chi connectivity index (χ2n) is 10.7. The smallest absolute Gasteiger partial charge is 0.249 e. The number of aromatic nitrogens is 5. The first kappa shape index (κ1) is 24.7. The van der Waals surface area contributed by atoms with E-state index in [-0.39, 0.29) is 18.1 Å². The lowest BCUT2D eigenvalue weighted by Crippen LogP contribution is -2.52. The lowest BCUT2D eigenvalue weighted by atomic mass is 9.85. The minimum atomic E-state index is -0.762. The van der Waals surface area contributed by atoms with Crippen LogP contribution >= 0.6 is 0 Å². The number of rotatable bonds is 8. The number of ether oxygens (including phenoxy) is 1. The molecule has 2 fully saturated rings. The molecule has 1 amide bonds. The van der Waals surface area contributed by atoms with E-state index in [0.717, 1.165) is 67.5 Å². The molecule has 1 atom stereocenters. The average Bonchev–Trinajstić information content (AvgIpc) is 3.44. The molecule has 5 rings (SSSR count). The molecule has 10 heteroatoms. The van der Waals surface area contributed by atoms with Crippen LogP contribution in [0.4, 0.5) is 5.95 Å². The van der Waals surface area contributed by atoms with Crippen molar-refractivity contribution in [1.29, 1.82) is 0 Å². The first-order valence-corrected chi connectivity index (χ1v) is 12.9. The summed E-state index contributed by atoms with van der Waals surface area (Å²) < 4.78 is 9.00. The van der Waals surface area contributed by atoms with E-state index in [1.54, 1.807) is 11.8 Å². The SMILES string of the molecule is COC[C@H](C)Nc1ncc2c(-c3cnn(C(C)(C)C(=O)N4CCC4)c3)cc(C3CCC(O)CC3)n2n1. The van der Waals surface area contributed by atoms with Gasteiger partial charge in [-0.2, -0.15) is 5.10 Å². The summed E-state index contributed by atoms with van der Waals surface area (Å²) in [5, 5.41) is 22.8. The van der Waals surface area contributed by atoms with Crippen molar-refractivity contribution in [3.8, 4) is 11.1 Å². The van der Waals surface area contributed by atoms with Crippen molar-refractivity contribution in [3.63, 3.8) is 0 Å². The molecule has 3 aromatic rings. The lowest BCUT2D eigenvalue weighted by Gasteiger charge is -2.37. The number of fused-ring (bicyclic) bond motifs is 1. The molecule has 1 aliphatic heterocycles. The molecule has 0 aromatic carbocycles. The molecule has 0 bridgehead atoms. The predicted molar refractivity (Wildman–Crippen MR) is 137 cm³/mol. The highest BCUT2D eigenvalue weighted by atomic mass is 16.5. The van der Waals surface area contributed by atoms with Crippen molar-refractivity contribution >= 4 is 17.4 Å². The van der Waals surface area contributed by atoms with E-state index in [9.17, 15) is 9.90 Å². The first-order chi connectivity index (χ1) is 17.3. The molecule has 1 aliphatic carbocycles. The van der Waals surface area contributed by atoms with Gasteiger partial charge in [0.15, 0.2) is 0 Å². The number of nitrogens with one attached hydrogen (secondary N) is 1. The zero-order valence-corrected chi connectivity index (χ0v) is 21.6. The average molecular weight is 496 g/mol. The summed E-state index contributed by atoms with van der Waals surface area (Å²) in [4.78, 5) is 19.5. The molecule has 0 spiro atoms. The highest BCUT2D eigenvalue weighted by molar-refractivity contribution is 5.85. The van der Waals surface area contributed by atoms with Crippen molar-refractivity contribution < 1.29 is 14.6 Å². The van der Waals surface area contributed by atoms with Gasteiger partial charge in [-0.25, -0.2) is 9.50 Å². The third-order valence-corrected chi connectivity index (χ3v) is 7.58. The maximum Gasteiger partial charge on any atom is 0.249 e. The zero-order chi connectivity index (χ0) is 25.4. The summed E-state index contributed by atoms with van der Waals surface area (Å²) in [6, 6.07) is 2.25. The van der Waals surface area contributed by atoms with Gasteiger partial charge in [-0.15, -0.1) is 5.10 Å². The molecule has 0 radical (unpaired) electrons. The maximum atomic E-state index is 13.0. The Labute approximate surface area is 211 Å². The van der Waals surface area contributed by atoms with Crippen LogP contribution in [0.1, 0.15) is 64.5 Å². The van der Waals surface area contributed by atoms with E-state index in [0.29, 0.717) is 18.5 Å². The molecular formula is C26H37N7O3. The third kappa shape index (κ3) is 4.59. The summed E-state index contributed by atoms with van der Waals surface area (Å²) in [7, 11) is 1.68. The van der Waals surface area contributed by atoms with Gasteiger partial charge in [0.2, 0.25) is 11.9 Å². The molecule has 1 saturated carbocycles. The highest BCUT2D eigenvalue weighted by Gasteiger charge is 2.37. The second kappa shape index (κ2) is 9.82. The van der Waals surface area contributed by atoms with Crippen LogP contribution in [0.3, 0.4) is 0 Å². The fourth-order valence-electron chi connectivity index (χ4n) is 5.26. The third-order valence-electron chi connectivity index (χ3n) is 7.58. The van der Waals surface area contributed by atoms with Gasteiger partial charge in [0, 0.05) is 55.2 Å². The number of carbonyl (C=O) groups is 1. The fraction of sp³-hybridized carbons (Fsp3) is 0.615. The van der Waals surface area contributed by atoms with E-state index in [1.807, 2.05) is 48.8 Å². The van der Waals surface area contributed by atoms with Crippen LogP contribution in [0.15, 0.2) is 24.7 Å². The second-order valence-corrected chi connectivity index (χ2v) is 10.7. The minimum Gasteiger partial charge on any atom is -0.393 e. The molecule has 0 unspecified atom stereocenters. The highest BCUT2D eigenvalue weighted by Crippen LogP contribution is 2.38. The normalized spacial score (nSPS) is 21.4. The molecule has 3 aromatic heterocycles. The Balaban J connectivity index is 1.51. The minimum absolute atomic E-state index is 0.0696. The molecule has 10 nitrogen and oxygen atoms in total. The summed E-state index contributed by atoms with van der Waals surface area (Å²) in [6.45, 7) is 8.05. The fourth-order valence-corrected chi connectivity index (χ4v) is 5.26. The number of aliphatic hydroxyl groups is 1. The van der Waals surface area contributed by atoms with E-state index in [2.05, 4.69) is 21.5 Å². The molecule has 2 aliphatic rings. The van der Waals surface area contributed by atoms with Gasteiger partial charge in [0.1, 0.15) is 5.54 Å². The Bertz CT molecular complexity index is 1220. The van der Waals surface area contributed by atoms with Crippen molar-refractivity contribution in [2.75, 3.05) is 32.1 Å². The standard InChI is InChI=1S/C26H37N7O3/c1-17(16-36-4)29-25-27-14-23-21(12-22(33(23)30-25)18-6-8-20(34)9-7-18)19-13-28-32(15-19)26(2,3)24(35)31-10-5-11-31/h12-15,17-18,20,34H,5-11,16H2,1-4H3,(H,29,30)/t17-,18?,20?/m0/s1. The zero-order valence-electron chi connectivity index (χ0n) is 21.6. The maximum absolute atomic E-state index is 13.0. The van der Waals surface area contributed by atoms with Crippen LogP contribution in [-0.2, 0) is 15.1 Å². The van der Waals surface area contributed by atoms with Crippen LogP contribution in [0.5, 0.6) is 0 Å². The van der Waals surface area contributed by atoms with Crippen LogP contribution in [-0.4, -0.2) is 79.2 Å². The number of hydrogen-bond donors (Lipinski definition) is 2. The number of hydrogen-bond acceptors (Lipinski definition) is 7. The van der Waals surface area contributed by atoms with Crippen molar-refractivity contribution in [2.24, 2.45) is 0 Å². The number of aliphatic hydroxyl groups excluding tert-OH is 1. The Morgan fingerprint density at radius 2 is 2.00 bits per heavy atom. The van der Waals surface area contributed by atoms with Gasteiger partial charge in [-0.3, -0.25) is 9.48 Å². The number of methoxy groups -OCH3 is 1. The Hall–Kier alpha value is -2.98. The van der Waals surface area contributed by atoms with Gasteiger partial charge in [0.25, 0.3) is 0 Å². The molecule has 2 N–H and O–H groups in total. The van der Waals surface area contributed by atoms with Crippen molar-refractivity contribution in [2.45, 2.75) is 76.5 Å². The predicted octanol–water partition coefficient (Wildman–Crippen LogP) is 3.03. The lowest BCUT2D eigenvalue weighted by molar-refractivity contribution is -0.143. The van der Waals surface area contributed by atoms with Crippen molar-refractivity contribution in [3.05, 3.63) is 30.4 Å². The van der Waals surface area contributed by atoms with Gasteiger partial charge in [-0.1, -0.05) is 0 Å². The molecule has 1 saturated heterocycles. The van der Waals surface area contributed by atoms with Gasteiger partial charge in [0.05, 0.1) is 30.6 Å². The first-order valence-electron chi connectivity index (χ1n) is 12.9. The Kier molecular flexibility index (Phi) is 6.74. The molecule has 4 heterocycles. The van der Waals surface area contributed by atoms with Gasteiger partial charge < -0.3 is 20.1 Å². The van der Waals surface area contributed by atoms with Crippen LogP contribution < -0.4 is 5.32 Å². The number of amides is 1. The van der Waals surface area contributed by atoms with E-state index < -0.39 is 5.54 Å². The van der Waals surface area contributed by atoms with E-state index >= 15 is 0 Å². The Morgan fingerprint density at radius 3 is 2.67 bits per heavy atom.